The lowest BCUT2D eigenvalue weighted by Crippen LogP contribution is -2.30. The summed E-state index contributed by atoms with van der Waals surface area (Å²) in [5.74, 6) is 1.06. The van der Waals surface area contributed by atoms with Crippen LogP contribution in [0.3, 0.4) is 0 Å². The van der Waals surface area contributed by atoms with E-state index < -0.39 is 0 Å². The predicted octanol–water partition coefficient (Wildman–Crippen LogP) is 4.46. The Labute approximate surface area is 185 Å². The molecule has 2 atom stereocenters. The molecule has 0 bridgehead atoms. The number of thiocarbonyl (C=S) groups is 1. The maximum Gasteiger partial charge on any atom is 0.174 e. The summed E-state index contributed by atoms with van der Waals surface area (Å²) >= 11 is 5.76. The van der Waals surface area contributed by atoms with Gasteiger partial charge in [-0.25, -0.2) is 4.98 Å². The molecule has 2 N–H and O–H groups in total. The molecule has 6 nitrogen and oxygen atoms in total. The Balaban J connectivity index is 1.66. The van der Waals surface area contributed by atoms with Crippen LogP contribution in [0, 0.1) is 6.92 Å². The number of pyridine rings is 2. The van der Waals surface area contributed by atoms with Gasteiger partial charge in [0, 0.05) is 30.0 Å². The summed E-state index contributed by atoms with van der Waals surface area (Å²) in [7, 11) is 0. The molecule has 0 spiro atoms. The van der Waals surface area contributed by atoms with Crippen molar-refractivity contribution in [1.29, 1.82) is 0 Å². The summed E-state index contributed by atoms with van der Waals surface area (Å²) in [6.45, 7) is 2.02. The SMILES string of the molecule is Cc1ccc(-n2cccc2[C@H]2[C@H](c3ccccn3)NC(=S)N2c2ccc(O)cc2)nc1. The average molecular weight is 428 g/mol. The van der Waals surface area contributed by atoms with E-state index in [0.717, 1.165) is 28.5 Å². The van der Waals surface area contributed by atoms with Gasteiger partial charge in [0.05, 0.1) is 11.7 Å². The van der Waals surface area contributed by atoms with Gasteiger partial charge in [-0.05, 0) is 79.3 Å². The maximum atomic E-state index is 9.77. The largest absolute Gasteiger partial charge is 0.508 e. The van der Waals surface area contributed by atoms with Gasteiger partial charge >= 0.3 is 0 Å². The Kier molecular flexibility index (Phi) is 4.88. The Morgan fingerprint density at radius 3 is 2.52 bits per heavy atom. The molecule has 0 aliphatic carbocycles. The highest BCUT2D eigenvalue weighted by Gasteiger charge is 2.42. The van der Waals surface area contributed by atoms with Crippen molar-refractivity contribution in [3.05, 3.63) is 102 Å². The minimum atomic E-state index is -0.162. The second-order valence-electron chi connectivity index (χ2n) is 7.51. The van der Waals surface area contributed by atoms with Gasteiger partial charge in [0.1, 0.15) is 17.6 Å². The summed E-state index contributed by atoms with van der Waals surface area (Å²) in [5.41, 5.74) is 3.94. The molecule has 31 heavy (non-hydrogen) atoms. The number of hydrogen-bond donors (Lipinski definition) is 2. The van der Waals surface area contributed by atoms with Gasteiger partial charge in [-0.1, -0.05) is 12.1 Å². The molecule has 4 heterocycles. The van der Waals surface area contributed by atoms with Gasteiger partial charge in [-0.3, -0.25) is 4.98 Å². The van der Waals surface area contributed by atoms with E-state index in [-0.39, 0.29) is 17.8 Å². The zero-order valence-electron chi connectivity index (χ0n) is 16.9. The third kappa shape index (κ3) is 3.53. The summed E-state index contributed by atoms with van der Waals surface area (Å²) < 4.78 is 2.09. The quantitative estimate of drug-likeness (QED) is 0.469. The topological polar surface area (TPSA) is 66.2 Å². The van der Waals surface area contributed by atoms with Crippen molar-refractivity contribution in [2.75, 3.05) is 4.90 Å². The highest BCUT2D eigenvalue weighted by molar-refractivity contribution is 7.80. The number of phenolic OH excluding ortho intramolecular Hbond substituents is 1. The maximum absolute atomic E-state index is 9.77. The number of hydrogen-bond acceptors (Lipinski definition) is 4. The highest BCUT2D eigenvalue weighted by atomic mass is 32.1. The van der Waals surface area contributed by atoms with E-state index in [1.54, 1.807) is 18.3 Å². The number of anilines is 1. The highest BCUT2D eigenvalue weighted by Crippen LogP contribution is 2.42. The van der Waals surface area contributed by atoms with E-state index in [1.807, 2.05) is 61.8 Å². The number of nitrogens with zero attached hydrogens (tertiary/aromatic N) is 4. The van der Waals surface area contributed by atoms with Crippen LogP contribution >= 0.6 is 12.2 Å². The van der Waals surface area contributed by atoms with Crippen LogP contribution in [0.2, 0.25) is 0 Å². The van der Waals surface area contributed by atoms with E-state index in [9.17, 15) is 5.11 Å². The first kappa shape index (κ1) is 19.3. The summed E-state index contributed by atoms with van der Waals surface area (Å²) in [6, 6.07) is 20.8. The lowest BCUT2D eigenvalue weighted by atomic mass is 10.0. The summed E-state index contributed by atoms with van der Waals surface area (Å²) in [4.78, 5) is 11.3. The molecular weight excluding hydrogens is 406 g/mol. The molecule has 0 unspecified atom stereocenters. The third-order valence-corrected chi connectivity index (χ3v) is 5.77. The number of aryl methyl sites for hydroxylation is 1. The lowest BCUT2D eigenvalue weighted by Gasteiger charge is -2.28. The van der Waals surface area contributed by atoms with E-state index in [0.29, 0.717) is 5.11 Å². The fourth-order valence-corrected chi connectivity index (χ4v) is 4.34. The van der Waals surface area contributed by atoms with Crippen molar-refractivity contribution in [3.8, 4) is 11.6 Å². The molecule has 154 valence electrons. The van der Waals surface area contributed by atoms with Crippen LogP contribution in [0.5, 0.6) is 5.75 Å². The van der Waals surface area contributed by atoms with Crippen molar-refractivity contribution in [2.24, 2.45) is 0 Å². The van der Waals surface area contributed by atoms with Crippen LogP contribution in [0.4, 0.5) is 5.69 Å². The van der Waals surface area contributed by atoms with Gasteiger partial charge in [-0.2, -0.15) is 0 Å². The fraction of sp³-hybridized carbons (Fsp3) is 0.125. The number of aromatic nitrogens is 3. The molecule has 0 saturated carbocycles. The standard InChI is InChI=1S/C24H21N5OS/c1-16-7-12-21(26-15-16)28-14-4-6-20(28)23-22(19-5-2-3-13-25-19)27-24(31)29(23)17-8-10-18(30)11-9-17/h2-15,22-23,30H,1H3,(H,27,31)/t22-,23-/m0/s1. The number of phenols is 1. The molecule has 1 saturated heterocycles. The Morgan fingerprint density at radius 1 is 0.968 bits per heavy atom. The van der Waals surface area contributed by atoms with Crippen LogP contribution in [0.1, 0.15) is 29.0 Å². The normalized spacial score (nSPS) is 18.2. The first-order valence-corrected chi connectivity index (χ1v) is 10.4. The predicted molar refractivity (Wildman–Crippen MR) is 124 cm³/mol. The Bertz CT molecular complexity index is 1200. The van der Waals surface area contributed by atoms with Crippen LogP contribution in [-0.2, 0) is 0 Å². The number of rotatable bonds is 4. The molecule has 3 aromatic heterocycles. The minimum absolute atomic E-state index is 0.151. The van der Waals surface area contributed by atoms with Crippen molar-refractivity contribution >= 4 is 23.0 Å². The average Bonchev–Trinajstić information content (AvgIpc) is 3.40. The fourth-order valence-electron chi connectivity index (χ4n) is 3.99. The Morgan fingerprint density at radius 2 is 1.81 bits per heavy atom. The number of benzene rings is 1. The van der Waals surface area contributed by atoms with Gasteiger partial charge in [0.2, 0.25) is 0 Å². The molecule has 1 fully saturated rings. The van der Waals surface area contributed by atoms with Crippen molar-refractivity contribution in [2.45, 2.75) is 19.0 Å². The molecule has 7 heteroatoms. The zero-order valence-corrected chi connectivity index (χ0v) is 17.7. The first-order chi connectivity index (χ1) is 15.1. The van der Waals surface area contributed by atoms with E-state index in [4.69, 9.17) is 12.2 Å². The lowest BCUT2D eigenvalue weighted by molar-refractivity contribution is 0.475. The van der Waals surface area contributed by atoms with Gasteiger partial charge in [-0.15, -0.1) is 0 Å². The minimum Gasteiger partial charge on any atom is -0.508 e. The molecule has 0 amide bonds. The number of aromatic hydroxyl groups is 1. The van der Waals surface area contributed by atoms with Gasteiger partial charge in [0.15, 0.2) is 5.11 Å². The molecule has 5 rings (SSSR count). The number of nitrogens with one attached hydrogen (secondary N) is 1. The third-order valence-electron chi connectivity index (χ3n) is 5.45. The first-order valence-electron chi connectivity index (χ1n) is 10.0. The Hall–Kier alpha value is -3.71. The molecule has 4 aromatic rings. The molecule has 0 radical (unpaired) electrons. The summed E-state index contributed by atoms with van der Waals surface area (Å²) in [5, 5.41) is 13.8. The van der Waals surface area contributed by atoms with Crippen LogP contribution < -0.4 is 10.2 Å². The van der Waals surface area contributed by atoms with Crippen LogP contribution in [0.15, 0.2) is 85.3 Å². The second-order valence-corrected chi connectivity index (χ2v) is 7.90. The van der Waals surface area contributed by atoms with Crippen molar-refractivity contribution in [3.63, 3.8) is 0 Å². The van der Waals surface area contributed by atoms with Crippen LogP contribution in [0.25, 0.3) is 5.82 Å². The molecule has 1 aliphatic heterocycles. The van der Waals surface area contributed by atoms with Crippen molar-refractivity contribution in [1.82, 2.24) is 19.9 Å². The summed E-state index contributed by atoms with van der Waals surface area (Å²) in [6.07, 6.45) is 5.67. The molecular formula is C24H21N5OS. The molecule has 1 aromatic carbocycles. The van der Waals surface area contributed by atoms with E-state index >= 15 is 0 Å². The van der Waals surface area contributed by atoms with E-state index in [2.05, 4.69) is 36.9 Å². The van der Waals surface area contributed by atoms with Gasteiger partial charge < -0.3 is 19.9 Å². The van der Waals surface area contributed by atoms with Gasteiger partial charge in [0.25, 0.3) is 0 Å². The monoisotopic (exact) mass is 427 g/mol. The zero-order chi connectivity index (χ0) is 21.4. The van der Waals surface area contributed by atoms with Crippen molar-refractivity contribution < 1.29 is 5.11 Å². The smallest absolute Gasteiger partial charge is 0.174 e. The van der Waals surface area contributed by atoms with E-state index in [1.165, 1.54) is 0 Å². The van der Waals surface area contributed by atoms with Crippen LogP contribution in [-0.4, -0.2) is 24.8 Å². The second kappa shape index (κ2) is 7.85. The molecule has 1 aliphatic rings.